The summed E-state index contributed by atoms with van der Waals surface area (Å²) in [6.07, 6.45) is 3.28. The van der Waals surface area contributed by atoms with Gasteiger partial charge >= 0.3 is 5.76 Å². The van der Waals surface area contributed by atoms with E-state index < -0.39 is 5.76 Å². The van der Waals surface area contributed by atoms with Crippen LogP contribution in [0.3, 0.4) is 0 Å². The molecule has 2 aromatic heterocycles. The average molecular weight is 272 g/mol. The number of benzene rings is 1. The number of oxazole rings is 1. The molecule has 0 fully saturated rings. The molecule has 1 aromatic carbocycles. The molecule has 0 unspecified atom stereocenters. The van der Waals surface area contributed by atoms with Gasteiger partial charge in [0.2, 0.25) is 5.91 Å². The Hall–Kier alpha value is -2.83. The molecule has 102 valence electrons. The van der Waals surface area contributed by atoms with Crippen LogP contribution in [0, 0.1) is 0 Å². The number of rotatable bonds is 4. The van der Waals surface area contributed by atoms with Crippen LogP contribution >= 0.6 is 0 Å². The van der Waals surface area contributed by atoms with Crippen LogP contribution in [0.2, 0.25) is 0 Å². The summed E-state index contributed by atoms with van der Waals surface area (Å²) in [4.78, 5) is 30.4. The van der Waals surface area contributed by atoms with E-state index in [0.717, 1.165) is 0 Å². The Morgan fingerprint density at radius 3 is 3.05 bits per heavy atom. The Kier molecular flexibility index (Phi) is 3.08. The number of nitrogens with one attached hydrogen (secondary N) is 2. The van der Waals surface area contributed by atoms with Gasteiger partial charge in [-0.05, 0) is 12.1 Å². The third-order valence-electron chi connectivity index (χ3n) is 2.88. The molecule has 0 aliphatic rings. The van der Waals surface area contributed by atoms with E-state index in [1.807, 2.05) is 0 Å². The van der Waals surface area contributed by atoms with Crippen molar-refractivity contribution in [2.75, 3.05) is 0 Å². The number of aromatic amines is 1. The van der Waals surface area contributed by atoms with Crippen LogP contribution in [0.25, 0.3) is 11.1 Å². The number of carbonyl (C=O) groups is 1. The maximum absolute atomic E-state index is 11.8. The second kappa shape index (κ2) is 5.04. The first kappa shape index (κ1) is 12.2. The zero-order valence-electron chi connectivity index (χ0n) is 10.5. The Morgan fingerprint density at radius 2 is 2.25 bits per heavy atom. The van der Waals surface area contributed by atoms with Gasteiger partial charge in [-0.15, -0.1) is 0 Å². The summed E-state index contributed by atoms with van der Waals surface area (Å²) >= 11 is 0. The number of carbonyl (C=O) groups excluding carboxylic acids is 1. The molecule has 0 aliphatic carbocycles. The Balaban J connectivity index is 1.74. The first-order chi connectivity index (χ1) is 9.74. The molecule has 3 rings (SSSR count). The minimum absolute atomic E-state index is 0.0868. The van der Waals surface area contributed by atoms with Gasteiger partial charge in [-0.3, -0.25) is 9.36 Å². The van der Waals surface area contributed by atoms with E-state index in [-0.39, 0.29) is 19.0 Å². The molecule has 2 heterocycles. The molecule has 0 saturated carbocycles. The first-order valence-electron chi connectivity index (χ1n) is 6.07. The van der Waals surface area contributed by atoms with Gasteiger partial charge in [0.1, 0.15) is 12.4 Å². The van der Waals surface area contributed by atoms with Crippen molar-refractivity contribution in [2.24, 2.45) is 0 Å². The minimum Gasteiger partial charge on any atom is -0.408 e. The monoisotopic (exact) mass is 272 g/mol. The normalized spacial score (nSPS) is 10.8. The molecule has 0 saturated heterocycles. The number of para-hydroxylation sites is 2. The molecule has 2 N–H and O–H groups in total. The number of amides is 1. The van der Waals surface area contributed by atoms with Gasteiger partial charge in [-0.1, -0.05) is 12.1 Å². The fourth-order valence-corrected chi connectivity index (χ4v) is 1.94. The highest BCUT2D eigenvalue weighted by Gasteiger charge is 2.12. The number of aromatic nitrogens is 3. The van der Waals surface area contributed by atoms with E-state index in [2.05, 4.69) is 15.3 Å². The van der Waals surface area contributed by atoms with Crippen molar-refractivity contribution in [2.45, 2.75) is 13.1 Å². The lowest BCUT2D eigenvalue weighted by molar-refractivity contribution is -0.121. The van der Waals surface area contributed by atoms with Crippen LogP contribution in [0.5, 0.6) is 0 Å². The predicted molar refractivity (Wildman–Crippen MR) is 70.9 cm³/mol. The van der Waals surface area contributed by atoms with E-state index in [4.69, 9.17) is 4.42 Å². The van der Waals surface area contributed by atoms with Crippen LogP contribution in [-0.2, 0) is 17.9 Å². The second-order valence-electron chi connectivity index (χ2n) is 4.23. The summed E-state index contributed by atoms with van der Waals surface area (Å²) < 4.78 is 6.36. The van der Waals surface area contributed by atoms with Gasteiger partial charge in [0.15, 0.2) is 5.58 Å². The highest BCUT2D eigenvalue weighted by molar-refractivity contribution is 5.79. The maximum atomic E-state index is 11.8. The summed E-state index contributed by atoms with van der Waals surface area (Å²) in [5.41, 5.74) is 1.07. The van der Waals surface area contributed by atoms with Crippen LogP contribution in [0.1, 0.15) is 5.82 Å². The molecular formula is C13H12N4O3. The number of H-pyrrole nitrogens is 1. The van der Waals surface area contributed by atoms with Crippen LogP contribution in [0.15, 0.2) is 45.9 Å². The van der Waals surface area contributed by atoms with Gasteiger partial charge in [0.25, 0.3) is 0 Å². The van der Waals surface area contributed by atoms with E-state index >= 15 is 0 Å². The van der Waals surface area contributed by atoms with Crippen molar-refractivity contribution in [3.8, 4) is 0 Å². The van der Waals surface area contributed by atoms with Crippen LogP contribution < -0.4 is 11.1 Å². The van der Waals surface area contributed by atoms with Crippen molar-refractivity contribution >= 4 is 17.0 Å². The van der Waals surface area contributed by atoms with E-state index in [1.54, 1.807) is 36.7 Å². The number of hydrogen-bond acceptors (Lipinski definition) is 4. The molecule has 0 radical (unpaired) electrons. The smallest absolute Gasteiger partial charge is 0.408 e. The number of nitrogens with zero attached hydrogens (tertiary/aromatic N) is 2. The quantitative estimate of drug-likeness (QED) is 0.728. The molecule has 0 aliphatic heterocycles. The van der Waals surface area contributed by atoms with Crippen molar-refractivity contribution in [3.63, 3.8) is 0 Å². The summed E-state index contributed by atoms with van der Waals surface area (Å²) in [6.45, 7) is 0.201. The lowest BCUT2D eigenvalue weighted by Gasteiger charge is -2.03. The Morgan fingerprint density at radius 1 is 1.40 bits per heavy atom. The van der Waals surface area contributed by atoms with Gasteiger partial charge in [-0.25, -0.2) is 9.78 Å². The van der Waals surface area contributed by atoms with Crippen molar-refractivity contribution in [3.05, 3.63) is 53.0 Å². The van der Waals surface area contributed by atoms with Crippen LogP contribution in [-0.4, -0.2) is 20.4 Å². The highest BCUT2D eigenvalue weighted by Crippen LogP contribution is 2.11. The first-order valence-corrected chi connectivity index (χ1v) is 6.07. The maximum Gasteiger partial charge on any atom is 0.420 e. The van der Waals surface area contributed by atoms with Gasteiger partial charge in [0.05, 0.1) is 12.1 Å². The van der Waals surface area contributed by atoms with E-state index in [9.17, 15) is 9.59 Å². The Labute approximate surface area is 113 Å². The highest BCUT2D eigenvalue weighted by atomic mass is 16.4. The molecular weight excluding hydrogens is 260 g/mol. The molecule has 7 heteroatoms. The molecule has 0 bridgehead atoms. The lowest BCUT2D eigenvalue weighted by atomic mass is 10.3. The predicted octanol–water partition coefficient (Wildman–Crippen LogP) is 0.634. The third-order valence-corrected chi connectivity index (χ3v) is 2.88. The second-order valence-corrected chi connectivity index (χ2v) is 4.23. The van der Waals surface area contributed by atoms with E-state index in [0.29, 0.717) is 16.9 Å². The molecule has 7 nitrogen and oxygen atoms in total. The van der Waals surface area contributed by atoms with Gasteiger partial charge < -0.3 is 14.7 Å². The standard InChI is InChI=1S/C13H12N4O3/c18-12(16-7-11-14-5-6-15-11)8-17-9-3-1-2-4-10(9)20-13(17)19/h1-6H,7-8H2,(H,14,15)(H,16,18). The van der Waals surface area contributed by atoms with Gasteiger partial charge in [0, 0.05) is 12.4 Å². The van der Waals surface area contributed by atoms with Crippen molar-refractivity contribution in [1.82, 2.24) is 19.9 Å². The number of hydrogen-bond donors (Lipinski definition) is 2. The number of fused-ring (bicyclic) bond motifs is 1. The summed E-state index contributed by atoms with van der Waals surface area (Å²) in [5.74, 6) is -0.169. The fourth-order valence-electron chi connectivity index (χ4n) is 1.94. The Bertz CT molecular complexity index is 785. The van der Waals surface area contributed by atoms with Crippen molar-refractivity contribution < 1.29 is 9.21 Å². The molecule has 3 aromatic rings. The summed E-state index contributed by atoms with van der Waals surface area (Å²) in [7, 11) is 0. The zero-order valence-corrected chi connectivity index (χ0v) is 10.5. The molecule has 0 spiro atoms. The average Bonchev–Trinajstić information content (AvgIpc) is 3.06. The summed E-state index contributed by atoms with van der Waals surface area (Å²) in [6, 6.07) is 6.98. The van der Waals surface area contributed by atoms with Crippen LogP contribution in [0.4, 0.5) is 0 Å². The van der Waals surface area contributed by atoms with Gasteiger partial charge in [-0.2, -0.15) is 0 Å². The zero-order chi connectivity index (χ0) is 13.9. The minimum atomic E-state index is -0.542. The topological polar surface area (TPSA) is 92.9 Å². The SMILES string of the molecule is O=C(Cn1c(=O)oc2ccccc21)NCc1ncc[nH]1. The molecule has 0 atom stereocenters. The summed E-state index contributed by atoms with van der Waals surface area (Å²) in [5, 5.41) is 2.68. The molecule has 20 heavy (non-hydrogen) atoms. The molecule has 1 amide bonds. The lowest BCUT2D eigenvalue weighted by Crippen LogP contribution is -2.30. The fraction of sp³-hybridized carbons (Fsp3) is 0.154. The number of imidazole rings is 1. The third kappa shape index (κ3) is 2.33. The largest absolute Gasteiger partial charge is 0.420 e. The van der Waals surface area contributed by atoms with Crippen molar-refractivity contribution in [1.29, 1.82) is 0 Å². The van der Waals surface area contributed by atoms with E-state index in [1.165, 1.54) is 4.57 Å².